The van der Waals surface area contributed by atoms with Crippen LogP contribution >= 0.6 is 0 Å². The van der Waals surface area contributed by atoms with Gasteiger partial charge in [0.1, 0.15) is 22.3 Å². The maximum absolute atomic E-state index is 6.39. The van der Waals surface area contributed by atoms with Gasteiger partial charge in [-0.15, -0.1) is 0 Å². The molecule has 0 amide bonds. The molecule has 6 heteroatoms. The summed E-state index contributed by atoms with van der Waals surface area (Å²) in [6.45, 7) is 13.9. The Morgan fingerprint density at radius 2 is 0.688 bits per heavy atom. The fraction of sp³-hybridized carbons (Fsp3) is 0.108. The van der Waals surface area contributed by atoms with Crippen molar-refractivity contribution in [3.8, 4) is 0 Å². The van der Waals surface area contributed by atoms with E-state index in [4.69, 9.17) is 8.83 Å². The largest absolute Gasteiger partial charge is 0.456 e. The standard InChI is InChI=1S/C74H54N4O2/c1-73(2,3)43-25-31-59-57(37-43)69-61(75(45-17-9-7-10-18-45)47-27-35-67-55(39-47)49-21-13-15-23-65(49)79-67)33-29-51-53-42-64-54(41-63(53)77(59)71(51)69)52-30-34-62(70-58-38-44(74(4,5)6)26-32-60(58)78(64)72(52)70)76(46-19-11-8-12-20-46)48-28-36-68-56(40-48)50-22-14-16-24-66(50)80-68/h7-42H,1-6H3. The molecule has 17 rings (SSSR count). The Morgan fingerprint density at radius 1 is 0.287 bits per heavy atom. The van der Waals surface area contributed by atoms with E-state index >= 15 is 0 Å². The van der Waals surface area contributed by atoms with Gasteiger partial charge in [0.15, 0.2) is 0 Å². The van der Waals surface area contributed by atoms with E-state index in [-0.39, 0.29) is 10.8 Å². The highest BCUT2D eigenvalue weighted by atomic mass is 16.3. The van der Waals surface area contributed by atoms with Crippen LogP contribution in [0, 0.1) is 0 Å². The van der Waals surface area contributed by atoms with Crippen LogP contribution in [0.15, 0.2) is 227 Å². The van der Waals surface area contributed by atoms with Gasteiger partial charge < -0.3 is 27.4 Å². The molecule has 6 heterocycles. The second kappa shape index (κ2) is 15.9. The molecule has 17 aromatic rings. The third kappa shape index (κ3) is 6.24. The molecular formula is C74H54N4O2. The summed E-state index contributed by atoms with van der Waals surface area (Å²) in [5, 5.41) is 14.3. The van der Waals surface area contributed by atoms with E-state index in [1.807, 2.05) is 12.1 Å². The molecule has 0 spiro atoms. The third-order valence-electron chi connectivity index (χ3n) is 17.4. The van der Waals surface area contributed by atoms with Crippen LogP contribution in [-0.2, 0) is 10.8 Å². The van der Waals surface area contributed by atoms with Crippen LogP contribution in [0.25, 0.3) is 120 Å². The van der Waals surface area contributed by atoms with Gasteiger partial charge in [0.2, 0.25) is 0 Å². The normalized spacial score (nSPS) is 12.9. The van der Waals surface area contributed by atoms with Crippen molar-refractivity contribution >= 4 is 154 Å². The molecule has 0 fully saturated rings. The molecule has 0 atom stereocenters. The zero-order valence-corrected chi connectivity index (χ0v) is 45.4. The van der Waals surface area contributed by atoms with Crippen LogP contribution in [0.1, 0.15) is 52.7 Å². The summed E-state index contributed by atoms with van der Waals surface area (Å²) in [5.74, 6) is 0. The molecule has 0 radical (unpaired) electrons. The van der Waals surface area contributed by atoms with Crippen molar-refractivity contribution < 1.29 is 8.83 Å². The summed E-state index contributed by atoms with van der Waals surface area (Å²) >= 11 is 0. The van der Waals surface area contributed by atoms with Gasteiger partial charge in [-0.2, -0.15) is 0 Å². The van der Waals surface area contributed by atoms with E-state index in [1.165, 1.54) is 87.3 Å². The average Bonchev–Trinajstić information content (AvgIpc) is 3.08. The topological polar surface area (TPSA) is 41.6 Å². The minimum Gasteiger partial charge on any atom is -0.456 e. The molecule has 0 N–H and O–H groups in total. The minimum atomic E-state index is -0.0619. The molecule has 0 unspecified atom stereocenters. The molecule has 6 aromatic heterocycles. The summed E-state index contributed by atoms with van der Waals surface area (Å²) in [7, 11) is 0. The summed E-state index contributed by atoms with van der Waals surface area (Å²) in [6, 6.07) is 80.6. The van der Waals surface area contributed by atoms with E-state index in [0.717, 1.165) is 78.0 Å². The monoisotopic (exact) mass is 1030 g/mol. The van der Waals surface area contributed by atoms with Crippen LogP contribution in [0.4, 0.5) is 34.1 Å². The fourth-order valence-electron chi connectivity index (χ4n) is 13.6. The average molecular weight is 1030 g/mol. The number of nitrogens with zero attached hydrogens (tertiary/aromatic N) is 4. The minimum absolute atomic E-state index is 0.0619. The Hall–Kier alpha value is -9.78. The number of hydrogen-bond donors (Lipinski definition) is 0. The summed E-state index contributed by atoms with van der Waals surface area (Å²) < 4.78 is 17.9. The molecule has 0 aliphatic carbocycles. The second-order valence-corrected chi connectivity index (χ2v) is 24.1. The Morgan fingerprint density at radius 3 is 1.11 bits per heavy atom. The van der Waals surface area contributed by atoms with E-state index < -0.39 is 0 Å². The van der Waals surface area contributed by atoms with Crippen molar-refractivity contribution in [2.75, 3.05) is 9.80 Å². The van der Waals surface area contributed by atoms with Crippen molar-refractivity contribution in [2.45, 2.75) is 52.4 Å². The van der Waals surface area contributed by atoms with Crippen LogP contribution in [0.3, 0.4) is 0 Å². The molecule has 11 aromatic carbocycles. The molecule has 382 valence electrons. The third-order valence-corrected chi connectivity index (χ3v) is 17.4. The van der Waals surface area contributed by atoms with Gasteiger partial charge in [-0.25, -0.2) is 0 Å². The van der Waals surface area contributed by atoms with Gasteiger partial charge in [-0.05, 0) is 143 Å². The highest BCUT2D eigenvalue weighted by Crippen LogP contribution is 2.53. The zero-order chi connectivity index (χ0) is 53.5. The summed E-state index contributed by atoms with van der Waals surface area (Å²) in [4.78, 5) is 4.90. The first kappa shape index (κ1) is 45.3. The lowest BCUT2D eigenvalue weighted by Gasteiger charge is -2.27. The Bertz CT molecular complexity index is 5050. The zero-order valence-electron chi connectivity index (χ0n) is 45.4. The number of benzene rings is 11. The molecule has 0 saturated carbocycles. The van der Waals surface area contributed by atoms with Crippen LogP contribution in [0.2, 0.25) is 0 Å². The van der Waals surface area contributed by atoms with Crippen molar-refractivity contribution in [2.24, 2.45) is 0 Å². The predicted molar refractivity (Wildman–Crippen MR) is 337 cm³/mol. The lowest BCUT2D eigenvalue weighted by molar-refractivity contribution is 0.591. The molecular weight excluding hydrogens is 977 g/mol. The fourth-order valence-corrected chi connectivity index (χ4v) is 13.6. The maximum Gasteiger partial charge on any atom is 0.135 e. The molecule has 0 aliphatic rings. The van der Waals surface area contributed by atoms with Gasteiger partial charge in [-0.1, -0.05) is 139 Å². The van der Waals surface area contributed by atoms with Gasteiger partial charge in [0.05, 0.1) is 44.5 Å². The number of anilines is 6. The van der Waals surface area contributed by atoms with Crippen LogP contribution < -0.4 is 9.80 Å². The first-order valence-corrected chi connectivity index (χ1v) is 27.9. The second-order valence-electron chi connectivity index (χ2n) is 24.1. The number of aromatic nitrogens is 2. The summed E-state index contributed by atoms with van der Waals surface area (Å²) in [6.07, 6.45) is 0. The SMILES string of the molecule is CC(C)(C)c1ccc2c(c1)c1c(N(c3ccccc3)c3ccc4oc5ccccc5c4c3)ccc3c4cc5c(cc4n2c31)c1ccc(N(c2ccccc2)c2ccc3oc4ccccc4c3c2)c2c3cc(C(C)(C)C)ccc3n5c12. The van der Waals surface area contributed by atoms with E-state index in [9.17, 15) is 0 Å². The number of rotatable bonds is 6. The number of fused-ring (bicyclic) bond motifs is 18. The first-order valence-electron chi connectivity index (χ1n) is 27.9. The molecule has 80 heavy (non-hydrogen) atoms. The van der Waals surface area contributed by atoms with Crippen molar-refractivity contribution in [1.29, 1.82) is 0 Å². The first-order chi connectivity index (χ1) is 38.9. The predicted octanol–water partition coefficient (Wildman–Crippen LogP) is 21.3. The van der Waals surface area contributed by atoms with E-state index in [2.05, 4.69) is 266 Å². The quantitative estimate of drug-likeness (QED) is 0.166. The molecule has 6 nitrogen and oxygen atoms in total. The molecule has 0 bridgehead atoms. The van der Waals surface area contributed by atoms with Crippen molar-refractivity contribution in [3.05, 3.63) is 230 Å². The number of hydrogen-bond acceptors (Lipinski definition) is 4. The Labute approximate surface area is 461 Å². The Kier molecular flexibility index (Phi) is 9.01. The molecule has 0 aliphatic heterocycles. The van der Waals surface area contributed by atoms with Crippen molar-refractivity contribution in [1.82, 2.24) is 8.80 Å². The summed E-state index contributed by atoms with van der Waals surface area (Å²) in [5.41, 5.74) is 19.9. The highest BCUT2D eigenvalue weighted by molar-refractivity contribution is 6.32. The maximum atomic E-state index is 6.39. The van der Waals surface area contributed by atoms with Gasteiger partial charge in [0.25, 0.3) is 0 Å². The highest BCUT2D eigenvalue weighted by Gasteiger charge is 2.30. The van der Waals surface area contributed by atoms with E-state index in [0.29, 0.717) is 0 Å². The van der Waals surface area contributed by atoms with E-state index in [1.54, 1.807) is 0 Å². The van der Waals surface area contributed by atoms with Gasteiger partial charge >= 0.3 is 0 Å². The lowest BCUT2D eigenvalue weighted by atomic mass is 9.86. The van der Waals surface area contributed by atoms with Gasteiger partial charge in [0, 0.05) is 87.4 Å². The Balaban J connectivity index is 0.962. The van der Waals surface area contributed by atoms with Gasteiger partial charge in [-0.3, -0.25) is 0 Å². The van der Waals surface area contributed by atoms with Crippen molar-refractivity contribution in [3.63, 3.8) is 0 Å². The number of para-hydroxylation sites is 4. The smallest absolute Gasteiger partial charge is 0.135 e. The lowest BCUT2D eigenvalue weighted by Crippen LogP contribution is -2.11. The van der Waals surface area contributed by atoms with Crippen LogP contribution in [-0.4, -0.2) is 8.80 Å². The van der Waals surface area contributed by atoms with Crippen LogP contribution in [0.5, 0.6) is 0 Å². The molecule has 0 saturated heterocycles. The number of furan rings is 2.